The molecule has 0 radical (unpaired) electrons. The molecular weight excluding hydrogens is 549 g/mol. The molecule has 0 spiro atoms. The quantitative estimate of drug-likeness (QED) is 0.384. The molecule has 2 unspecified atom stereocenters. The van der Waals surface area contributed by atoms with E-state index in [2.05, 4.69) is 29.5 Å². The predicted molar refractivity (Wildman–Crippen MR) is 163 cm³/mol. The minimum atomic E-state index is -0.309. The van der Waals surface area contributed by atoms with Crippen LogP contribution in [0.25, 0.3) is 0 Å². The van der Waals surface area contributed by atoms with Crippen LogP contribution in [0.1, 0.15) is 43.9 Å². The van der Waals surface area contributed by atoms with Crippen molar-refractivity contribution in [3.8, 4) is 17.8 Å². The highest BCUT2D eigenvalue weighted by Gasteiger charge is 2.34. The molecule has 11 heteroatoms. The minimum Gasteiger partial charge on any atom is -0.488 e. The Balaban J connectivity index is 1.43. The van der Waals surface area contributed by atoms with Crippen molar-refractivity contribution in [1.82, 2.24) is 19.8 Å². The van der Waals surface area contributed by atoms with Gasteiger partial charge in [0.25, 0.3) is 0 Å². The molecule has 2 aromatic rings. The summed E-state index contributed by atoms with van der Waals surface area (Å²) in [7, 11) is 3.96. The third kappa shape index (κ3) is 6.69. The van der Waals surface area contributed by atoms with E-state index in [1.54, 1.807) is 11.0 Å². The van der Waals surface area contributed by atoms with Crippen molar-refractivity contribution in [2.45, 2.75) is 63.6 Å². The molecule has 2 saturated heterocycles. The van der Waals surface area contributed by atoms with E-state index in [1.165, 1.54) is 12.1 Å². The first-order valence-electron chi connectivity index (χ1n) is 15.3. The number of hydrogen-bond acceptors (Lipinski definition) is 9. The second kappa shape index (κ2) is 13.6. The lowest BCUT2D eigenvalue weighted by Crippen LogP contribution is -2.55. The largest absolute Gasteiger partial charge is 0.488 e. The van der Waals surface area contributed by atoms with Gasteiger partial charge in [0.15, 0.2) is 0 Å². The fourth-order valence-electron chi connectivity index (χ4n) is 6.36. The number of halogens is 1. The van der Waals surface area contributed by atoms with Gasteiger partial charge >= 0.3 is 6.01 Å². The lowest BCUT2D eigenvalue weighted by atomic mass is 9.93. The molecule has 0 bridgehead atoms. The van der Waals surface area contributed by atoms with Crippen LogP contribution in [0.5, 0.6) is 11.8 Å². The first kappa shape index (κ1) is 30.5. The molecule has 3 atom stereocenters. The van der Waals surface area contributed by atoms with Gasteiger partial charge in [-0.15, -0.1) is 0 Å². The Hall–Kier alpha value is -3.91. The van der Waals surface area contributed by atoms with Gasteiger partial charge < -0.3 is 29.1 Å². The van der Waals surface area contributed by atoms with Crippen molar-refractivity contribution in [1.29, 1.82) is 5.26 Å². The molecular formula is C32H42FN7O3. The van der Waals surface area contributed by atoms with Crippen LogP contribution in [0.4, 0.5) is 15.9 Å². The van der Waals surface area contributed by atoms with E-state index in [4.69, 9.17) is 19.4 Å². The molecule has 0 saturated carbocycles. The van der Waals surface area contributed by atoms with Crippen molar-refractivity contribution >= 4 is 17.4 Å². The number of ether oxygens (including phenoxy) is 2. The zero-order valence-electron chi connectivity index (χ0n) is 25.5. The van der Waals surface area contributed by atoms with Crippen LogP contribution in [0.2, 0.25) is 0 Å². The third-order valence-electron chi connectivity index (χ3n) is 8.93. The Morgan fingerprint density at radius 1 is 1.26 bits per heavy atom. The van der Waals surface area contributed by atoms with E-state index in [0.29, 0.717) is 69.1 Å². The molecule has 43 heavy (non-hydrogen) atoms. The number of amides is 1. The summed E-state index contributed by atoms with van der Waals surface area (Å²) in [5, 5.41) is 9.49. The molecule has 230 valence electrons. The van der Waals surface area contributed by atoms with Crippen LogP contribution in [0.15, 0.2) is 30.9 Å². The van der Waals surface area contributed by atoms with E-state index in [1.807, 2.05) is 24.9 Å². The maximum absolute atomic E-state index is 14.8. The number of likely N-dealkylation sites (N-methyl/N-ethyl adjacent to an activating group) is 1. The van der Waals surface area contributed by atoms with Gasteiger partial charge in [0.1, 0.15) is 35.8 Å². The summed E-state index contributed by atoms with van der Waals surface area (Å²) in [5.41, 5.74) is 2.35. The molecule has 5 rings (SSSR count). The van der Waals surface area contributed by atoms with E-state index >= 15 is 0 Å². The van der Waals surface area contributed by atoms with E-state index in [9.17, 15) is 14.4 Å². The average Bonchev–Trinajstić information content (AvgIpc) is 3.43. The Labute approximate surface area is 253 Å². The molecule has 3 aliphatic rings. The summed E-state index contributed by atoms with van der Waals surface area (Å²) in [6.07, 6.45) is 5.49. The fraction of sp³-hybridized carbons (Fsp3) is 0.562. The van der Waals surface area contributed by atoms with Gasteiger partial charge in [0.2, 0.25) is 5.91 Å². The summed E-state index contributed by atoms with van der Waals surface area (Å²) >= 11 is 0. The van der Waals surface area contributed by atoms with Crippen LogP contribution in [-0.2, 0) is 17.6 Å². The van der Waals surface area contributed by atoms with Crippen molar-refractivity contribution in [3.63, 3.8) is 0 Å². The number of piperazine rings is 1. The molecule has 10 nitrogen and oxygen atoms in total. The van der Waals surface area contributed by atoms with Gasteiger partial charge in [-0.25, -0.2) is 4.39 Å². The Morgan fingerprint density at radius 3 is 2.81 bits per heavy atom. The van der Waals surface area contributed by atoms with Crippen LogP contribution in [0, 0.1) is 17.1 Å². The summed E-state index contributed by atoms with van der Waals surface area (Å²) in [5.74, 6) is 0.843. The van der Waals surface area contributed by atoms with Crippen molar-refractivity contribution < 1.29 is 18.7 Å². The van der Waals surface area contributed by atoms with Crippen LogP contribution in [-0.4, -0.2) is 97.3 Å². The summed E-state index contributed by atoms with van der Waals surface area (Å²) in [4.78, 5) is 30.3. The molecule has 1 amide bonds. The predicted octanol–water partition coefficient (Wildman–Crippen LogP) is 3.60. The Kier molecular flexibility index (Phi) is 9.65. The number of para-hydroxylation sites is 1. The highest BCUT2D eigenvalue weighted by atomic mass is 19.1. The maximum Gasteiger partial charge on any atom is 0.318 e. The smallest absolute Gasteiger partial charge is 0.318 e. The first-order chi connectivity index (χ1) is 20.8. The Morgan fingerprint density at radius 2 is 2.09 bits per heavy atom. The highest BCUT2D eigenvalue weighted by molar-refractivity contribution is 5.87. The number of carbonyl (C=O) groups is 1. The molecule has 2 fully saturated rings. The summed E-state index contributed by atoms with van der Waals surface area (Å²) in [6.45, 7) is 9.34. The standard InChI is InChI=1S/C32H42FN7O3/c1-5-29(41)40-18-17-39(20-22(40)14-15-34)31-25-13-12-24(43-28-11-7-10-26(33)30(28)37(3)6-2)19-27(25)35-32(36-31)42-21-23-9-8-16-38(23)4/h5,7,10-11,22-24H,1,6,8-9,12-14,16-21H2,2-4H3/t22?,23?,24-/m1/s1. The molecule has 2 aliphatic heterocycles. The lowest BCUT2D eigenvalue weighted by molar-refractivity contribution is -0.128. The van der Waals surface area contributed by atoms with Gasteiger partial charge in [-0.3, -0.25) is 4.79 Å². The summed E-state index contributed by atoms with van der Waals surface area (Å²) < 4.78 is 27.5. The van der Waals surface area contributed by atoms with Gasteiger partial charge in [0.05, 0.1) is 24.2 Å². The second-order valence-corrected chi connectivity index (χ2v) is 11.6. The van der Waals surface area contributed by atoms with Gasteiger partial charge in [-0.2, -0.15) is 15.2 Å². The average molecular weight is 592 g/mol. The van der Waals surface area contributed by atoms with Crippen molar-refractivity contribution in [2.75, 3.05) is 63.2 Å². The number of carbonyl (C=O) groups excluding carboxylic acids is 1. The number of benzene rings is 1. The molecule has 3 heterocycles. The number of aromatic nitrogens is 2. The number of likely N-dealkylation sites (tertiary alicyclic amines) is 1. The minimum absolute atomic E-state index is 0.167. The normalized spacial score (nSPS) is 22.1. The van der Waals surface area contributed by atoms with Crippen LogP contribution in [0.3, 0.4) is 0 Å². The number of hydrogen-bond donors (Lipinski definition) is 0. The molecule has 1 aromatic carbocycles. The number of anilines is 2. The highest BCUT2D eigenvalue weighted by Crippen LogP contribution is 2.36. The van der Waals surface area contributed by atoms with Gasteiger partial charge in [-0.1, -0.05) is 12.6 Å². The lowest BCUT2D eigenvalue weighted by Gasteiger charge is -2.42. The first-order valence-corrected chi connectivity index (χ1v) is 15.3. The van der Waals surface area contributed by atoms with E-state index in [-0.39, 0.29) is 30.3 Å². The number of nitrogens with zero attached hydrogens (tertiary/aromatic N) is 7. The van der Waals surface area contributed by atoms with Crippen LogP contribution >= 0.6 is 0 Å². The summed E-state index contributed by atoms with van der Waals surface area (Å²) in [6, 6.07) is 7.55. The van der Waals surface area contributed by atoms with Crippen LogP contribution < -0.4 is 19.3 Å². The maximum atomic E-state index is 14.8. The zero-order valence-corrected chi connectivity index (χ0v) is 25.5. The number of rotatable bonds is 10. The molecule has 1 aromatic heterocycles. The monoisotopic (exact) mass is 591 g/mol. The molecule has 0 N–H and O–H groups in total. The van der Waals surface area contributed by atoms with E-state index < -0.39 is 0 Å². The topological polar surface area (TPSA) is 98.1 Å². The van der Waals surface area contributed by atoms with Gasteiger partial charge in [-0.05, 0) is 64.4 Å². The Bertz CT molecular complexity index is 1370. The SMILES string of the molecule is C=CC(=O)N1CCN(c2nc(OCC3CCCN3C)nc3c2CC[C@@H](Oc2cccc(F)c2N(C)CC)C3)CC1CC#N. The van der Waals surface area contributed by atoms with Crippen molar-refractivity contribution in [2.24, 2.45) is 0 Å². The fourth-order valence-corrected chi connectivity index (χ4v) is 6.36. The molecule has 1 aliphatic carbocycles. The van der Waals surface area contributed by atoms with Gasteiger partial charge in [0, 0.05) is 51.3 Å². The van der Waals surface area contributed by atoms with Crippen molar-refractivity contribution in [3.05, 3.63) is 47.9 Å². The number of fused-ring (bicyclic) bond motifs is 1. The number of nitriles is 1. The second-order valence-electron chi connectivity index (χ2n) is 11.6. The third-order valence-corrected chi connectivity index (χ3v) is 8.93. The van der Waals surface area contributed by atoms with E-state index in [0.717, 1.165) is 42.9 Å². The zero-order chi connectivity index (χ0) is 30.5.